The lowest BCUT2D eigenvalue weighted by molar-refractivity contribution is -0.0444. The summed E-state index contributed by atoms with van der Waals surface area (Å²) in [4.78, 5) is 0. The minimum absolute atomic E-state index is 0.246. The molecule has 26 heavy (non-hydrogen) atoms. The van der Waals surface area contributed by atoms with Gasteiger partial charge in [-0.25, -0.2) is 0 Å². The summed E-state index contributed by atoms with van der Waals surface area (Å²) in [6.45, 7) is 10.8. The number of benzene rings is 1. The van der Waals surface area contributed by atoms with Crippen LogP contribution >= 0.6 is 0 Å². The first-order valence-corrected chi connectivity index (χ1v) is 9.65. The maximum atomic E-state index is 6.10. The molecule has 5 nitrogen and oxygen atoms in total. The van der Waals surface area contributed by atoms with Gasteiger partial charge < -0.3 is 23.5 Å². The summed E-state index contributed by atoms with van der Waals surface area (Å²) in [6, 6.07) is 7.89. The quantitative estimate of drug-likeness (QED) is 0.551. The van der Waals surface area contributed by atoms with Crippen LogP contribution in [-0.2, 0) is 18.8 Å². The molecule has 6 heteroatoms. The zero-order valence-corrected chi connectivity index (χ0v) is 16.5. The van der Waals surface area contributed by atoms with Gasteiger partial charge in [-0.05, 0) is 64.6 Å². The third kappa shape index (κ3) is 4.80. The van der Waals surface area contributed by atoms with Crippen molar-refractivity contribution in [2.45, 2.75) is 64.3 Å². The Balaban J connectivity index is 1.44. The van der Waals surface area contributed by atoms with Crippen molar-refractivity contribution in [3.63, 3.8) is 0 Å². The topological polar surface area (TPSA) is 46.2 Å². The molecule has 3 rings (SSSR count). The van der Waals surface area contributed by atoms with Gasteiger partial charge in [-0.15, -0.1) is 0 Å². The Labute approximate surface area is 157 Å². The summed E-state index contributed by atoms with van der Waals surface area (Å²) in [5.74, 6) is 0.801. The Morgan fingerprint density at radius 2 is 1.85 bits per heavy atom. The third-order valence-electron chi connectivity index (χ3n) is 5.46. The second-order valence-corrected chi connectivity index (χ2v) is 8.07. The lowest BCUT2D eigenvalue weighted by atomic mass is 9.79. The predicted molar refractivity (Wildman–Crippen MR) is 102 cm³/mol. The van der Waals surface area contributed by atoms with Crippen LogP contribution < -0.4 is 10.2 Å². The molecule has 2 fully saturated rings. The Morgan fingerprint density at radius 1 is 1.08 bits per heavy atom. The van der Waals surface area contributed by atoms with Gasteiger partial charge in [0.2, 0.25) is 0 Å². The molecule has 2 saturated heterocycles. The Kier molecular flexibility index (Phi) is 6.28. The number of ether oxygens (including phenoxy) is 3. The second kappa shape index (κ2) is 8.30. The maximum absolute atomic E-state index is 6.10. The second-order valence-electron chi connectivity index (χ2n) is 8.07. The van der Waals surface area contributed by atoms with E-state index in [-0.39, 0.29) is 24.4 Å². The molecule has 0 aromatic heterocycles. The van der Waals surface area contributed by atoms with Gasteiger partial charge in [-0.1, -0.05) is 12.1 Å². The Hall–Kier alpha value is -1.08. The van der Waals surface area contributed by atoms with Gasteiger partial charge in [0.1, 0.15) is 12.4 Å². The summed E-state index contributed by atoms with van der Waals surface area (Å²) in [5, 5.41) is 0. The highest BCUT2D eigenvalue weighted by molar-refractivity contribution is 6.62. The molecule has 1 aromatic carbocycles. The van der Waals surface area contributed by atoms with Crippen LogP contribution in [0.1, 0.15) is 47.0 Å². The van der Waals surface area contributed by atoms with Crippen LogP contribution in [0, 0.1) is 0 Å². The normalized spacial score (nSPS) is 24.6. The van der Waals surface area contributed by atoms with Gasteiger partial charge >= 0.3 is 7.12 Å². The Morgan fingerprint density at radius 3 is 2.54 bits per heavy atom. The number of hydrogen-bond donors (Lipinski definition) is 0. The molecule has 2 aliphatic heterocycles. The highest BCUT2D eigenvalue weighted by atomic mass is 16.7. The minimum Gasteiger partial charge on any atom is -0.491 e. The van der Waals surface area contributed by atoms with Gasteiger partial charge in [0.15, 0.2) is 0 Å². The van der Waals surface area contributed by atoms with Crippen LogP contribution in [0.15, 0.2) is 24.3 Å². The molecular weight excluding hydrogens is 331 g/mol. The van der Waals surface area contributed by atoms with E-state index in [4.69, 9.17) is 23.5 Å². The van der Waals surface area contributed by atoms with Gasteiger partial charge in [-0.2, -0.15) is 0 Å². The van der Waals surface area contributed by atoms with Crippen molar-refractivity contribution in [1.82, 2.24) is 0 Å². The predicted octanol–water partition coefficient (Wildman–Crippen LogP) is 2.95. The van der Waals surface area contributed by atoms with Crippen LogP contribution in [-0.4, -0.2) is 50.9 Å². The smallest absolute Gasteiger partial charge is 0.491 e. The molecule has 2 aliphatic rings. The summed E-state index contributed by atoms with van der Waals surface area (Å²) < 4.78 is 29.4. The molecule has 1 unspecified atom stereocenters. The van der Waals surface area contributed by atoms with E-state index < -0.39 is 0 Å². The fourth-order valence-corrected chi connectivity index (χ4v) is 3.10. The van der Waals surface area contributed by atoms with E-state index in [1.807, 2.05) is 24.3 Å². The molecule has 2 heterocycles. The van der Waals surface area contributed by atoms with Gasteiger partial charge in [0.25, 0.3) is 0 Å². The van der Waals surface area contributed by atoms with Crippen LogP contribution in [0.5, 0.6) is 5.75 Å². The fourth-order valence-electron chi connectivity index (χ4n) is 3.10. The lowest BCUT2D eigenvalue weighted by Gasteiger charge is -2.32. The van der Waals surface area contributed by atoms with E-state index in [0.717, 1.165) is 24.2 Å². The van der Waals surface area contributed by atoms with Crippen LogP contribution in [0.2, 0.25) is 0 Å². The van der Waals surface area contributed by atoms with Crippen molar-refractivity contribution < 1.29 is 23.5 Å². The molecule has 144 valence electrons. The molecule has 0 spiro atoms. The van der Waals surface area contributed by atoms with Gasteiger partial charge in [0.05, 0.1) is 30.5 Å². The fraction of sp³-hybridized carbons (Fsp3) is 0.700. The first-order chi connectivity index (χ1) is 12.4. The molecule has 0 aliphatic carbocycles. The van der Waals surface area contributed by atoms with Crippen molar-refractivity contribution >= 4 is 12.6 Å². The zero-order valence-electron chi connectivity index (χ0n) is 16.5. The van der Waals surface area contributed by atoms with Crippen molar-refractivity contribution in [1.29, 1.82) is 0 Å². The van der Waals surface area contributed by atoms with Gasteiger partial charge in [0, 0.05) is 6.61 Å². The molecule has 1 atom stereocenters. The monoisotopic (exact) mass is 362 g/mol. The van der Waals surface area contributed by atoms with Crippen molar-refractivity contribution in [3.05, 3.63) is 24.3 Å². The van der Waals surface area contributed by atoms with E-state index in [9.17, 15) is 0 Å². The third-order valence-corrected chi connectivity index (χ3v) is 5.46. The zero-order chi connectivity index (χ0) is 18.6. The van der Waals surface area contributed by atoms with E-state index in [0.29, 0.717) is 19.8 Å². The number of hydrogen-bond acceptors (Lipinski definition) is 5. The average Bonchev–Trinajstić information content (AvgIpc) is 2.84. The van der Waals surface area contributed by atoms with Crippen molar-refractivity contribution in [2.24, 2.45) is 0 Å². The molecule has 0 radical (unpaired) electrons. The Bertz CT molecular complexity index is 567. The largest absolute Gasteiger partial charge is 0.494 e. The summed E-state index contributed by atoms with van der Waals surface area (Å²) in [6.07, 6.45) is 3.74. The summed E-state index contributed by atoms with van der Waals surface area (Å²) in [5.41, 5.74) is 0.283. The van der Waals surface area contributed by atoms with Gasteiger partial charge in [-0.3, -0.25) is 0 Å². The standard InChI is InChI=1S/C20H31BO5/c1-19(2)20(3,4)26-21(25-19)16-8-7-10-17(14-16)24-13-12-22-15-18-9-5-6-11-23-18/h7-8,10,14,18H,5-6,9,11-13,15H2,1-4H3. The highest BCUT2D eigenvalue weighted by Gasteiger charge is 2.51. The molecule has 0 N–H and O–H groups in total. The highest BCUT2D eigenvalue weighted by Crippen LogP contribution is 2.36. The minimum atomic E-state index is -0.372. The lowest BCUT2D eigenvalue weighted by Crippen LogP contribution is -2.41. The van der Waals surface area contributed by atoms with E-state index in [1.165, 1.54) is 12.8 Å². The van der Waals surface area contributed by atoms with E-state index in [2.05, 4.69) is 27.7 Å². The molecule has 0 bridgehead atoms. The van der Waals surface area contributed by atoms with Crippen LogP contribution in [0.3, 0.4) is 0 Å². The molecule has 0 saturated carbocycles. The average molecular weight is 362 g/mol. The summed E-state index contributed by atoms with van der Waals surface area (Å²) in [7, 11) is -0.372. The van der Waals surface area contributed by atoms with Crippen LogP contribution in [0.4, 0.5) is 0 Å². The molecular formula is C20H31BO5. The first-order valence-electron chi connectivity index (χ1n) is 9.65. The summed E-state index contributed by atoms with van der Waals surface area (Å²) >= 11 is 0. The van der Waals surface area contributed by atoms with Crippen molar-refractivity contribution in [2.75, 3.05) is 26.4 Å². The SMILES string of the molecule is CC1(C)OB(c2cccc(OCCOCC3CCCCO3)c2)OC1(C)C. The van der Waals surface area contributed by atoms with E-state index in [1.54, 1.807) is 0 Å². The van der Waals surface area contributed by atoms with Crippen molar-refractivity contribution in [3.8, 4) is 5.75 Å². The maximum Gasteiger partial charge on any atom is 0.494 e. The van der Waals surface area contributed by atoms with Crippen LogP contribution in [0.25, 0.3) is 0 Å². The first kappa shape index (κ1) is 19.7. The van der Waals surface area contributed by atoms with E-state index >= 15 is 0 Å². The molecule has 1 aromatic rings. The molecule has 0 amide bonds. The number of rotatable bonds is 7.